The van der Waals surface area contributed by atoms with Gasteiger partial charge in [0, 0.05) is 24.4 Å². The van der Waals surface area contributed by atoms with Crippen LogP contribution in [0.15, 0.2) is 12.4 Å². The lowest BCUT2D eigenvalue weighted by Crippen LogP contribution is -2.18. The average Bonchev–Trinajstić information content (AvgIpc) is 2.18. The molecule has 1 aromatic rings. The predicted octanol–water partition coefficient (Wildman–Crippen LogP) is 2.50. The van der Waals surface area contributed by atoms with E-state index in [1.807, 2.05) is 13.8 Å². The number of rotatable bonds is 5. The molecule has 0 saturated heterocycles. The Bertz CT molecular complexity index is 372. The first-order chi connectivity index (χ1) is 7.91. The second-order valence-electron chi connectivity index (χ2n) is 5.09. The van der Waals surface area contributed by atoms with E-state index >= 15 is 0 Å². The largest absolute Gasteiger partial charge is 0.481 e. The zero-order chi connectivity index (χ0) is 13.0. The van der Waals surface area contributed by atoms with Crippen LogP contribution in [0.5, 0.6) is 0 Å². The van der Waals surface area contributed by atoms with Gasteiger partial charge in [-0.15, -0.1) is 0 Å². The van der Waals surface area contributed by atoms with Gasteiger partial charge in [-0.25, -0.2) is 9.97 Å². The number of carboxylic acids is 1. The van der Waals surface area contributed by atoms with Crippen LogP contribution in [0.3, 0.4) is 0 Å². The monoisotopic (exact) mass is 236 g/mol. The summed E-state index contributed by atoms with van der Waals surface area (Å²) in [4.78, 5) is 19.6. The number of aliphatic carboxylic acids is 1. The summed E-state index contributed by atoms with van der Waals surface area (Å²) in [7, 11) is 0. The maximum absolute atomic E-state index is 11.1. The van der Waals surface area contributed by atoms with Gasteiger partial charge in [-0.2, -0.15) is 0 Å². The molecule has 1 rings (SSSR count). The molecule has 0 spiro atoms. The molecule has 4 heteroatoms. The summed E-state index contributed by atoms with van der Waals surface area (Å²) in [5.41, 5.74) is 0.681. The molecule has 0 aliphatic rings. The van der Waals surface area contributed by atoms with Gasteiger partial charge in [0.05, 0.1) is 5.92 Å². The Kier molecular flexibility index (Phi) is 4.61. The lowest BCUT2D eigenvalue weighted by molar-refractivity contribution is -0.139. The van der Waals surface area contributed by atoms with Crippen LogP contribution < -0.4 is 0 Å². The van der Waals surface area contributed by atoms with Crippen LogP contribution in [-0.4, -0.2) is 21.0 Å². The van der Waals surface area contributed by atoms with E-state index in [0.717, 1.165) is 12.2 Å². The van der Waals surface area contributed by atoms with Gasteiger partial charge in [0.1, 0.15) is 5.82 Å². The number of carboxylic acid groups (broad SMARTS) is 1. The van der Waals surface area contributed by atoms with Crippen molar-refractivity contribution in [3.63, 3.8) is 0 Å². The van der Waals surface area contributed by atoms with E-state index in [4.69, 9.17) is 5.11 Å². The minimum Gasteiger partial charge on any atom is -0.481 e. The molecule has 0 aliphatic heterocycles. The molecule has 0 saturated carbocycles. The molecular weight excluding hydrogens is 216 g/mol. The molecule has 0 bridgehead atoms. The van der Waals surface area contributed by atoms with Crippen LogP contribution in [0.2, 0.25) is 0 Å². The van der Waals surface area contributed by atoms with Crippen LogP contribution in [-0.2, 0) is 11.2 Å². The molecule has 0 aliphatic carbocycles. The van der Waals surface area contributed by atoms with Gasteiger partial charge >= 0.3 is 5.97 Å². The van der Waals surface area contributed by atoms with Crippen molar-refractivity contribution < 1.29 is 9.90 Å². The molecule has 0 aromatic carbocycles. The molecule has 0 fully saturated rings. The second-order valence-corrected chi connectivity index (χ2v) is 5.09. The Balaban J connectivity index is 2.88. The summed E-state index contributed by atoms with van der Waals surface area (Å²) in [6.45, 7) is 7.98. The number of nitrogens with zero attached hydrogens (tertiary/aromatic N) is 2. The smallest absolute Gasteiger partial charge is 0.311 e. The summed E-state index contributed by atoms with van der Waals surface area (Å²) in [6, 6.07) is 0. The van der Waals surface area contributed by atoms with Crippen molar-refractivity contribution in [1.82, 2.24) is 9.97 Å². The maximum atomic E-state index is 11.1. The molecule has 1 aromatic heterocycles. The molecule has 94 valence electrons. The van der Waals surface area contributed by atoms with Crippen molar-refractivity contribution in [2.75, 3.05) is 0 Å². The lowest BCUT2D eigenvalue weighted by atomic mass is 9.90. The Morgan fingerprint density at radius 2 is 1.76 bits per heavy atom. The van der Waals surface area contributed by atoms with Crippen molar-refractivity contribution in [2.24, 2.45) is 11.8 Å². The molecule has 0 radical (unpaired) electrons. The Labute approximate surface area is 102 Å². The van der Waals surface area contributed by atoms with Crippen LogP contribution in [0, 0.1) is 11.8 Å². The molecule has 0 unspecified atom stereocenters. The first kappa shape index (κ1) is 13.6. The van der Waals surface area contributed by atoms with Crippen molar-refractivity contribution in [2.45, 2.75) is 40.0 Å². The highest BCUT2D eigenvalue weighted by molar-refractivity contribution is 5.76. The molecule has 1 heterocycles. The summed E-state index contributed by atoms with van der Waals surface area (Å²) in [6.07, 6.45) is 4.10. The van der Waals surface area contributed by atoms with E-state index in [1.54, 1.807) is 12.4 Å². The standard InChI is InChI=1S/C13H20N2O2/c1-8(2)5-11-14-6-10(7-15-11)12(9(3)4)13(16)17/h6-9,12H,5H2,1-4H3,(H,16,17)/t12-/m0/s1. The van der Waals surface area contributed by atoms with Crippen molar-refractivity contribution in [3.05, 3.63) is 23.8 Å². The SMILES string of the molecule is CC(C)Cc1ncc([C@@H](C(=O)O)C(C)C)cn1. The van der Waals surface area contributed by atoms with E-state index < -0.39 is 11.9 Å². The van der Waals surface area contributed by atoms with Gasteiger partial charge in [-0.05, 0) is 11.8 Å². The van der Waals surface area contributed by atoms with Crippen molar-refractivity contribution >= 4 is 5.97 Å². The number of hydrogen-bond donors (Lipinski definition) is 1. The van der Waals surface area contributed by atoms with Gasteiger partial charge in [-0.3, -0.25) is 4.79 Å². The van der Waals surface area contributed by atoms with Crippen molar-refractivity contribution in [3.8, 4) is 0 Å². The van der Waals surface area contributed by atoms with Gasteiger partial charge in [0.25, 0.3) is 0 Å². The number of carbonyl (C=O) groups is 1. The molecule has 4 nitrogen and oxygen atoms in total. The quantitative estimate of drug-likeness (QED) is 0.853. The Hall–Kier alpha value is -1.45. The van der Waals surface area contributed by atoms with Gasteiger partial charge < -0.3 is 5.11 Å². The molecule has 17 heavy (non-hydrogen) atoms. The van der Waals surface area contributed by atoms with Gasteiger partial charge in [0.2, 0.25) is 0 Å². The third-order valence-corrected chi connectivity index (χ3v) is 2.61. The maximum Gasteiger partial charge on any atom is 0.311 e. The number of aromatic nitrogens is 2. The summed E-state index contributed by atoms with van der Waals surface area (Å²) < 4.78 is 0. The van der Waals surface area contributed by atoms with Crippen LogP contribution in [0.1, 0.15) is 45.0 Å². The molecule has 0 amide bonds. The normalized spacial score (nSPS) is 13.1. The third-order valence-electron chi connectivity index (χ3n) is 2.61. The zero-order valence-electron chi connectivity index (χ0n) is 10.8. The van der Waals surface area contributed by atoms with Gasteiger partial charge in [0.15, 0.2) is 0 Å². The fourth-order valence-corrected chi connectivity index (χ4v) is 1.81. The molecular formula is C13H20N2O2. The Morgan fingerprint density at radius 3 is 2.12 bits per heavy atom. The first-order valence-corrected chi connectivity index (χ1v) is 5.95. The van der Waals surface area contributed by atoms with Crippen molar-refractivity contribution in [1.29, 1.82) is 0 Å². The zero-order valence-corrected chi connectivity index (χ0v) is 10.8. The average molecular weight is 236 g/mol. The van der Waals surface area contributed by atoms with Crippen LogP contribution >= 0.6 is 0 Å². The highest BCUT2D eigenvalue weighted by Crippen LogP contribution is 2.23. The highest BCUT2D eigenvalue weighted by atomic mass is 16.4. The summed E-state index contributed by atoms with van der Waals surface area (Å²) >= 11 is 0. The molecule has 1 atom stereocenters. The van der Waals surface area contributed by atoms with E-state index in [9.17, 15) is 4.79 Å². The fraction of sp³-hybridized carbons (Fsp3) is 0.615. The van der Waals surface area contributed by atoms with E-state index in [0.29, 0.717) is 11.5 Å². The van der Waals surface area contributed by atoms with Gasteiger partial charge in [-0.1, -0.05) is 27.7 Å². The molecule has 1 N–H and O–H groups in total. The Morgan fingerprint density at radius 1 is 1.24 bits per heavy atom. The summed E-state index contributed by atoms with van der Waals surface area (Å²) in [5, 5.41) is 9.16. The van der Waals surface area contributed by atoms with Crippen LogP contribution in [0.25, 0.3) is 0 Å². The van der Waals surface area contributed by atoms with E-state index in [-0.39, 0.29) is 5.92 Å². The lowest BCUT2D eigenvalue weighted by Gasteiger charge is -2.16. The fourth-order valence-electron chi connectivity index (χ4n) is 1.81. The third kappa shape index (κ3) is 3.80. The van der Waals surface area contributed by atoms with E-state index in [2.05, 4.69) is 23.8 Å². The summed E-state index contributed by atoms with van der Waals surface area (Å²) in [5.74, 6) is -0.0341. The number of hydrogen-bond acceptors (Lipinski definition) is 3. The predicted molar refractivity (Wildman–Crippen MR) is 65.8 cm³/mol. The topological polar surface area (TPSA) is 63.1 Å². The highest BCUT2D eigenvalue weighted by Gasteiger charge is 2.24. The van der Waals surface area contributed by atoms with E-state index in [1.165, 1.54) is 0 Å². The minimum atomic E-state index is -0.819. The second kappa shape index (κ2) is 5.75. The minimum absolute atomic E-state index is 0.0343. The van der Waals surface area contributed by atoms with Crippen LogP contribution in [0.4, 0.5) is 0 Å². The first-order valence-electron chi connectivity index (χ1n) is 5.95.